The molecule has 0 bridgehead atoms. The zero-order chi connectivity index (χ0) is 16.2. The largest absolute Gasteiger partial charge is 0.338 e. The summed E-state index contributed by atoms with van der Waals surface area (Å²) in [5.74, 6) is 1.61. The molecule has 1 aromatic rings. The molecule has 0 radical (unpaired) electrons. The molecule has 1 unspecified atom stereocenters. The fourth-order valence-electron chi connectivity index (χ4n) is 2.79. The third-order valence-electron chi connectivity index (χ3n) is 4.45. The van der Waals surface area contributed by atoms with Gasteiger partial charge in [-0.3, -0.25) is 4.90 Å². The van der Waals surface area contributed by atoms with Crippen LogP contribution in [0.2, 0.25) is 0 Å². The molecule has 2 rings (SSSR count). The summed E-state index contributed by atoms with van der Waals surface area (Å²) in [7, 11) is 0. The monoisotopic (exact) mass is 308 g/mol. The van der Waals surface area contributed by atoms with Crippen LogP contribution in [-0.4, -0.2) is 52.7 Å². The third-order valence-corrected chi connectivity index (χ3v) is 4.45. The molecule has 1 aliphatic heterocycles. The van der Waals surface area contributed by atoms with Crippen molar-refractivity contribution in [2.75, 3.05) is 32.7 Å². The van der Waals surface area contributed by atoms with Crippen LogP contribution in [0, 0.1) is 5.41 Å². The Balaban J connectivity index is 1.80. The van der Waals surface area contributed by atoms with Gasteiger partial charge in [0.2, 0.25) is 5.89 Å². The molecule has 0 aromatic carbocycles. The Morgan fingerprint density at radius 3 is 2.45 bits per heavy atom. The zero-order valence-corrected chi connectivity index (χ0v) is 14.9. The third kappa shape index (κ3) is 5.06. The molecular weight excluding hydrogens is 276 g/mol. The smallest absolute Gasteiger partial charge is 0.243 e. The van der Waals surface area contributed by atoms with E-state index in [2.05, 4.69) is 54.6 Å². The highest BCUT2D eigenvalue weighted by atomic mass is 16.5. The Labute approximate surface area is 135 Å². The van der Waals surface area contributed by atoms with Gasteiger partial charge in [0.1, 0.15) is 0 Å². The molecule has 1 aliphatic rings. The van der Waals surface area contributed by atoms with Crippen LogP contribution in [0.25, 0.3) is 0 Å². The summed E-state index contributed by atoms with van der Waals surface area (Å²) in [6, 6.07) is 0.225. The van der Waals surface area contributed by atoms with Gasteiger partial charge in [0.15, 0.2) is 5.82 Å². The van der Waals surface area contributed by atoms with Gasteiger partial charge in [0, 0.05) is 32.6 Å². The van der Waals surface area contributed by atoms with Crippen LogP contribution >= 0.6 is 0 Å². The summed E-state index contributed by atoms with van der Waals surface area (Å²) >= 11 is 0. The van der Waals surface area contributed by atoms with Crippen molar-refractivity contribution in [2.24, 2.45) is 5.41 Å². The molecule has 1 atom stereocenters. The quantitative estimate of drug-likeness (QED) is 0.808. The predicted octanol–water partition coefficient (Wildman–Crippen LogP) is 3.14. The van der Waals surface area contributed by atoms with Crippen LogP contribution in [0.3, 0.4) is 0 Å². The van der Waals surface area contributed by atoms with Gasteiger partial charge in [0.25, 0.3) is 0 Å². The Morgan fingerprint density at radius 1 is 1.18 bits per heavy atom. The average molecular weight is 308 g/mol. The molecule has 0 N–H and O–H groups in total. The fraction of sp³-hybridized carbons (Fsp3) is 0.882. The number of nitrogens with zero attached hydrogens (tertiary/aromatic N) is 4. The molecule has 0 aliphatic carbocycles. The lowest BCUT2D eigenvalue weighted by atomic mass is 9.92. The van der Waals surface area contributed by atoms with Crippen molar-refractivity contribution in [3.63, 3.8) is 0 Å². The number of hydrogen-bond donors (Lipinski definition) is 0. The Morgan fingerprint density at radius 2 is 1.86 bits per heavy atom. The maximum Gasteiger partial charge on any atom is 0.243 e. The number of rotatable bonds is 6. The van der Waals surface area contributed by atoms with Crippen molar-refractivity contribution in [1.29, 1.82) is 0 Å². The van der Waals surface area contributed by atoms with E-state index in [1.807, 2.05) is 0 Å². The lowest BCUT2D eigenvalue weighted by Gasteiger charge is -2.37. The van der Waals surface area contributed by atoms with Gasteiger partial charge in [-0.25, -0.2) is 0 Å². The molecule has 2 heterocycles. The average Bonchev–Trinajstić information content (AvgIpc) is 2.93. The summed E-state index contributed by atoms with van der Waals surface area (Å²) in [6.07, 6.45) is 3.21. The van der Waals surface area contributed by atoms with E-state index in [9.17, 15) is 0 Å². The predicted molar refractivity (Wildman–Crippen MR) is 88.8 cm³/mol. The first-order valence-corrected chi connectivity index (χ1v) is 8.68. The summed E-state index contributed by atoms with van der Waals surface area (Å²) in [5.41, 5.74) is 0.420. The molecule has 0 amide bonds. The maximum absolute atomic E-state index is 5.43. The van der Waals surface area contributed by atoms with Gasteiger partial charge >= 0.3 is 0 Å². The maximum atomic E-state index is 5.43. The van der Waals surface area contributed by atoms with Gasteiger partial charge in [-0.1, -0.05) is 32.9 Å². The Hall–Kier alpha value is -0.940. The molecule has 5 heteroatoms. The van der Waals surface area contributed by atoms with Crippen LogP contribution in [0.15, 0.2) is 4.52 Å². The molecule has 1 fully saturated rings. The van der Waals surface area contributed by atoms with Gasteiger partial charge in [-0.2, -0.15) is 4.98 Å². The minimum atomic E-state index is 0.225. The highest BCUT2D eigenvalue weighted by Gasteiger charge is 2.26. The minimum absolute atomic E-state index is 0.225. The van der Waals surface area contributed by atoms with E-state index in [4.69, 9.17) is 4.52 Å². The molecule has 22 heavy (non-hydrogen) atoms. The van der Waals surface area contributed by atoms with Crippen molar-refractivity contribution >= 4 is 0 Å². The number of piperazine rings is 1. The van der Waals surface area contributed by atoms with Crippen LogP contribution < -0.4 is 0 Å². The second-order valence-corrected chi connectivity index (χ2v) is 7.66. The van der Waals surface area contributed by atoms with Crippen molar-refractivity contribution in [2.45, 2.75) is 59.9 Å². The highest BCUT2D eigenvalue weighted by Crippen LogP contribution is 2.22. The second kappa shape index (κ2) is 7.55. The molecule has 5 nitrogen and oxygen atoms in total. The van der Waals surface area contributed by atoms with Gasteiger partial charge in [-0.15, -0.1) is 0 Å². The van der Waals surface area contributed by atoms with Gasteiger partial charge < -0.3 is 9.42 Å². The summed E-state index contributed by atoms with van der Waals surface area (Å²) < 4.78 is 5.43. The number of aromatic nitrogens is 2. The summed E-state index contributed by atoms with van der Waals surface area (Å²) in [6.45, 7) is 16.9. The molecule has 1 saturated heterocycles. The van der Waals surface area contributed by atoms with Crippen LogP contribution in [-0.2, 0) is 6.42 Å². The molecular formula is C17H32N4O. The number of hydrogen-bond acceptors (Lipinski definition) is 5. The van der Waals surface area contributed by atoms with E-state index in [0.717, 1.165) is 50.7 Å². The fourth-order valence-corrected chi connectivity index (χ4v) is 2.79. The number of aryl methyl sites for hydroxylation is 1. The van der Waals surface area contributed by atoms with Crippen LogP contribution in [0.5, 0.6) is 0 Å². The first kappa shape index (κ1) is 17.4. The SMILES string of the molecule is CCCc1noc(C(C)N2CCN(CCC(C)(C)C)CC2)n1. The van der Waals surface area contributed by atoms with Crippen LogP contribution in [0.1, 0.15) is 65.2 Å². The minimum Gasteiger partial charge on any atom is -0.338 e. The first-order valence-electron chi connectivity index (χ1n) is 8.68. The topological polar surface area (TPSA) is 45.4 Å². The van der Waals surface area contributed by atoms with E-state index in [1.54, 1.807) is 0 Å². The highest BCUT2D eigenvalue weighted by molar-refractivity contribution is 4.93. The Kier molecular flexibility index (Phi) is 5.98. The zero-order valence-electron chi connectivity index (χ0n) is 14.9. The standard InChI is InChI=1S/C17H32N4O/c1-6-7-15-18-16(22-19-15)14(2)21-12-10-20(11-13-21)9-8-17(3,4)5/h14H,6-13H2,1-5H3. The van der Waals surface area contributed by atoms with Crippen molar-refractivity contribution in [3.05, 3.63) is 11.7 Å². The van der Waals surface area contributed by atoms with E-state index < -0.39 is 0 Å². The van der Waals surface area contributed by atoms with Crippen molar-refractivity contribution in [1.82, 2.24) is 19.9 Å². The molecule has 1 aromatic heterocycles. The van der Waals surface area contributed by atoms with Crippen molar-refractivity contribution in [3.8, 4) is 0 Å². The van der Waals surface area contributed by atoms with E-state index >= 15 is 0 Å². The van der Waals surface area contributed by atoms with Gasteiger partial charge in [0.05, 0.1) is 6.04 Å². The summed E-state index contributed by atoms with van der Waals surface area (Å²) in [5, 5.41) is 4.07. The Bertz CT molecular complexity index is 444. The first-order chi connectivity index (χ1) is 10.4. The van der Waals surface area contributed by atoms with Gasteiger partial charge in [-0.05, 0) is 31.7 Å². The lowest BCUT2D eigenvalue weighted by Crippen LogP contribution is -2.47. The normalized spacial score (nSPS) is 19.5. The molecule has 126 valence electrons. The summed E-state index contributed by atoms with van der Waals surface area (Å²) in [4.78, 5) is 9.56. The molecule has 0 saturated carbocycles. The molecule has 0 spiro atoms. The van der Waals surface area contributed by atoms with Crippen LogP contribution in [0.4, 0.5) is 0 Å². The van der Waals surface area contributed by atoms with Crippen molar-refractivity contribution < 1.29 is 4.52 Å². The second-order valence-electron chi connectivity index (χ2n) is 7.66. The van der Waals surface area contributed by atoms with E-state index in [1.165, 1.54) is 13.0 Å². The lowest BCUT2D eigenvalue weighted by molar-refractivity contribution is 0.0821. The van der Waals surface area contributed by atoms with E-state index in [0.29, 0.717) is 5.41 Å². The van der Waals surface area contributed by atoms with E-state index in [-0.39, 0.29) is 6.04 Å².